The molecule has 6 heteroatoms. The second kappa shape index (κ2) is 6.83. The molecule has 0 saturated carbocycles. The van der Waals surface area contributed by atoms with Crippen LogP contribution in [0.15, 0.2) is 96.3 Å². The van der Waals surface area contributed by atoms with Gasteiger partial charge in [-0.05, 0) is 35.2 Å². The molecule has 0 spiro atoms. The number of hydrogen-bond acceptors (Lipinski definition) is 4. The highest BCUT2D eigenvalue weighted by Crippen LogP contribution is 2.32. The Morgan fingerprint density at radius 3 is 2.40 bits per heavy atom. The third-order valence-electron chi connectivity index (χ3n) is 5.19. The zero-order chi connectivity index (χ0) is 20.7. The van der Waals surface area contributed by atoms with Crippen molar-refractivity contribution < 1.29 is 8.42 Å². The average molecular weight is 409 g/mol. The van der Waals surface area contributed by atoms with Gasteiger partial charge in [0.2, 0.25) is 0 Å². The van der Waals surface area contributed by atoms with Crippen LogP contribution in [0.2, 0.25) is 0 Å². The molecule has 0 atom stereocenters. The van der Waals surface area contributed by atoms with Crippen molar-refractivity contribution in [3.05, 3.63) is 97.0 Å². The molecule has 0 amide bonds. The molecule has 0 bridgehead atoms. The van der Waals surface area contributed by atoms with Gasteiger partial charge in [-0.3, -0.25) is 4.98 Å². The number of aromatic nitrogens is 2. The van der Waals surface area contributed by atoms with Gasteiger partial charge in [-0.1, -0.05) is 48.5 Å². The van der Waals surface area contributed by atoms with E-state index in [1.807, 2.05) is 42.5 Å². The Hall–Kier alpha value is -3.95. The summed E-state index contributed by atoms with van der Waals surface area (Å²) in [7, 11) is -3.82. The van der Waals surface area contributed by atoms with Crippen LogP contribution in [-0.4, -0.2) is 17.4 Å². The van der Waals surface area contributed by atoms with Crippen LogP contribution in [0.5, 0.6) is 0 Å². The Labute approximate surface area is 173 Å². The number of nitrogens with zero attached hydrogens (tertiary/aromatic N) is 3. The molecule has 30 heavy (non-hydrogen) atoms. The highest BCUT2D eigenvalue weighted by atomic mass is 32.2. The van der Waals surface area contributed by atoms with Crippen LogP contribution in [0.25, 0.3) is 32.8 Å². The average Bonchev–Trinajstić information content (AvgIpc) is 3.24. The van der Waals surface area contributed by atoms with E-state index in [9.17, 15) is 8.42 Å². The van der Waals surface area contributed by atoms with Gasteiger partial charge in [0.15, 0.2) is 0 Å². The molecule has 0 aliphatic heterocycles. The van der Waals surface area contributed by atoms with E-state index in [2.05, 4.69) is 11.1 Å². The van der Waals surface area contributed by atoms with Gasteiger partial charge in [0.05, 0.1) is 28.2 Å². The first-order valence-electron chi connectivity index (χ1n) is 9.28. The zero-order valence-electron chi connectivity index (χ0n) is 15.7. The number of pyridine rings is 1. The van der Waals surface area contributed by atoms with E-state index < -0.39 is 10.0 Å². The Balaban J connectivity index is 1.71. The molecule has 0 aliphatic carbocycles. The summed E-state index contributed by atoms with van der Waals surface area (Å²) < 4.78 is 28.4. The Kier molecular flexibility index (Phi) is 4.12. The van der Waals surface area contributed by atoms with Crippen LogP contribution in [0.3, 0.4) is 0 Å². The van der Waals surface area contributed by atoms with Crippen LogP contribution in [0.1, 0.15) is 5.56 Å². The van der Waals surface area contributed by atoms with E-state index in [-0.39, 0.29) is 4.90 Å². The lowest BCUT2D eigenvalue weighted by Crippen LogP contribution is -2.12. The lowest BCUT2D eigenvalue weighted by atomic mass is 10.0. The molecule has 144 valence electrons. The third kappa shape index (κ3) is 2.76. The number of hydrogen-bond donors (Lipinski definition) is 0. The summed E-state index contributed by atoms with van der Waals surface area (Å²) in [6.45, 7) is 0. The van der Waals surface area contributed by atoms with E-state index in [1.165, 1.54) is 3.97 Å². The fourth-order valence-electron chi connectivity index (χ4n) is 3.72. The summed E-state index contributed by atoms with van der Waals surface area (Å²) >= 11 is 0. The van der Waals surface area contributed by atoms with Crippen molar-refractivity contribution in [1.29, 1.82) is 5.26 Å². The lowest BCUT2D eigenvalue weighted by molar-refractivity contribution is 0.590. The Morgan fingerprint density at radius 1 is 0.833 bits per heavy atom. The van der Waals surface area contributed by atoms with Crippen molar-refractivity contribution in [1.82, 2.24) is 8.96 Å². The predicted molar refractivity (Wildman–Crippen MR) is 116 cm³/mol. The van der Waals surface area contributed by atoms with Crippen molar-refractivity contribution in [2.24, 2.45) is 0 Å². The molecule has 5 nitrogen and oxygen atoms in total. The quantitative estimate of drug-likeness (QED) is 0.422. The van der Waals surface area contributed by atoms with Crippen LogP contribution < -0.4 is 0 Å². The first kappa shape index (κ1) is 18.1. The molecule has 0 fully saturated rings. The topological polar surface area (TPSA) is 75.8 Å². The van der Waals surface area contributed by atoms with Crippen LogP contribution in [0, 0.1) is 11.3 Å². The largest absolute Gasteiger partial charge is 0.268 e. The van der Waals surface area contributed by atoms with Gasteiger partial charge >= 0.3 is 0 Å². The third-order valence-corrected chi connectivity index (χ3v) is 6.94. The van der Waals surface area contributed by atoms with E-state index in [1.54, 1.807) is 48.9 Å². The van der Waals surface area contributed by atoms with Gasteiger partial charge in [-0.15, -0.1) is 0 Å². The number of fused-ring (bicyclic) bond motifs is 2. The molecule has 2 heterocycles. The molecular formula is C24H15N3O2S. The summed E-state index contributed by atoms with van der Waals surface area (Å²) in [5.41, 5.74) is 2.75. The van der Waals surface area contributed by atoms with Crippen molar-refractivity contribution >= 4 is 31.7 Å². The molecular weight excluding hydrogens is 394 g/mol. The molecule has 0 radical (unpaired) electrons. The SMILES string of the molecule is N#Cc1ccc(-c2cncc3c2ccn3S(=O)(=O)c2cccc3ccccc23)cc1. The van der Waals surface area contributed by atoms with Crippen molar-refractivity contribution in [2.75, 3.05) is 0 Å². The van der Waals surface area contributed by atoms with E-state index in [4.69, 9.17) is 5.26 Å². The maximum absolute atomic E-state index is 13.6. The fourth-order valence-corrected chi connectivity index (χ4v) is 5.28. The first-order chi connectivity index (χ1) is 14.6. The molecule has 2 aromatic heterocycles. The van der Waals surface area contributed by atoms with Crippen molar-refractivity contribution in [3.63, 3.8) is 0 Å². The van der Waals surface area contributed by atoms with E-state index in [0.717, 1.165) is 21.9 Å². The fraction of sp³-hybridized carbons (Fsp3) is 0. The predicted octanol–water partition coefficient (Wildman–Crippen LogP) is 4.97. The molecule has 3 aromatic carbocycles. The monoisotopic (exact) mass is 409 g/mol. The summed E-state index contributed by atoms with van der Waals surface area (Å²) in [4.78, 5) is 4.54. The molecule has 0 aliphatic rings. The second-order valence-corrected chi connectivity index (χ2v) is 8.69. The van der Waals surface area contributed by atoms with Crippen LogP contribution in [0.4, 0.5) is 0 Å². The van der Waals surface area contributed by atoms with Gasteiger partial charge in [-0.25, -0.2) is 12.4 Å². The molecule has 5 rings (SSSR count). The number of rotatable bonds is 3. The smallest absolute Gasteiger partial charge is 0.262 e. The summed E-state index contributed by atoms with van der Waals surface area (Å²) in [6.07, 6.45) is 4.83. The Morgan fingerprint density at radius 2 is 1.60 bits per heavy atom. The van der Waals surface area contributed by atoms with E-state index >= 15 is 0 Å². The van der Waals surface area contributed by atoms with E-state index in [0.29, 0.717) is 16.5 Å². The first-order valence-corrected chi connectivity index (χ1v) is 10.7. The van der Waals surface area contributed by atoms with Crippen molar-refractivity contribution in [3.8, 4) is 17.2 Å². The van der Waals surface area contributed by atoms with Gasteiger partial charge in [0, 0.05) is 28.7 Å². The molecule has 0 unspecified atom stereocenters. The number of nitriles is 1. The van der Waals surface area contributed by atoms with Gasteiger partial charge in [-0.2, -0.15) is 5.26 Å². The van der Waals surface area contributed by atoms with Gasteiger partial charge in [0.25, 0.3) is 10.0 Å². The zero-order valence-corrected chi connectivity index (χ0v) is 16.5. The minimum absolute atomic E-state index is 0.252. The minimum Gasteiger partial charge on any atom is -0.262 e. The van der Waals surface area contributed by atoms with Crippen LogP contribution >= 0.6 is 0 Å². The standard InChI is InChI=1S/C24H15N3O2S/c25-14-17-8-10-19(11-9-17)22-15-26-16-23-21(22)12-13-27(23)30(28,29)24-7-3-5-18-4-1-2-6-20(18)24/h1-13,15-16H. The minimum atomic E-state index is -3.82. The van der Waals surface area contributed by atoms with Crippen LogP contribution in [-0.2, 0) is 10.0 Å². The van der Waals surface area contributed by atoms with Gasteiger partial charge in [0.1, 0.15) is 0 Å². The normalized spacial score (nSPS) is 11.6. The lowest BCUT2D eigenvalue weighted by Gasteiger charge is -2.11. The number of benzene rings is 3. The summed E-state index contributed by atoms with van der Waals surface area (Å²) in [5.74, 6) is 0. The van der Waals surface area contributed by atoms with Gasteiger partial charge < -0.3 is 0 Å². The Bertz CT molecular complexity index is 1560. The molecule has 5 aromatic rings. The summed E-state index contributed by atoms with van der Waals surface area (Å²) in [5, 5.41) is 11.3. The van der Waals surface area contributed by atoms with Crippen molar-refractivity contribution in [2.45, 2.75) is 4.90 Å². The highest BCUT2D eigenvalue weighted by molar-refractivity contribution is 7.90. The maximum Gasteiger partial charge on any atom is 0.268 e. The maximum atomic E-state index is 13.6. The highest BCUT2D eigenvalue weighted by Gasteiger charge is 2.22. The summed E-state index contributed by atoms with van der Waals surface area (Å²) in [6, 6.07) is 23.7. The molecule has 0 N–H and O–H groups in total. The second-order valence-electron chi connectivity index (χ2n) is 6.90. The molecule has 0 saturated heterocycles.